The van der Waals surface area contributed by atoms with Crippen LogP contribution in [0.5, 0.6) is 0 Å². The summed E-state index contributed by atoms with van der Waals surface area (Å²) in [7, 11) is 0. The minimum atomic E-state index is -0.393. The summed E-state index contributed by atoms with van der Waals surface area (Å²) in [6.45, 7) is 1.39. The highest BCUT2D eigenvalue weighted by Gasteiger charge is 2.53. The molecule has 0 saturated heterocycles. The average Bonchev–Trinajstić information content (AvgIpc) is 3.25. The molecule has 0 unspecified atom stereocenters. The zero-order valence-corrected chi connectivity index (χ0v) is 14.9. The molecule has 1 N–H and O–H groups in total. The topological polar surface area (TPSA) is 77.0 Å². The monoisotopic (exact) mass is 364 g/mol. The summed E-state index contributed by atoms with van der Waals surface area (Å²) in [6.07, 6.45) is -0.272. The van der Waals surface area contributed by atoms with E-state index in [0.29, 0.717) is 12.0 Å². The number of carbonyl (C=O) groups excluding carboxylic acids is 2. The van der Waals surface area contributed by atoms with Crippen molar-refractivity contribution in [3.8, 4) is 0 Å². The van der Waals surface area contributed by atoms with Crippen LogP contribution in [-0.2, 0) is 14.4 Å². The maximum Gasteiger partial charge on any atom is 0.302 e. The molecule has 138 valence electrons. The van der Waals surface area contributed by atoms with Gasteiger partial charge < -0.3 is 14.9 Å². The van der Waals surface area contributed by atoms with Gasteiger partial charge in [0, 0.05) is 18.9 Å². The van der Waals surface area contributed by atoms with Crippen molar-refractivity contribution in [2.45, 2.75) is 31.6 Å². The Labute approximate surface area is 157 Å². The number of ether oxygens (including phenoxy) is 1. The van der Waals surface area contributed by atoms with Gasteiger partial charge in [0.15, 0.2) is 6.10 Å². The van der Waals surface area contributed by atoms with Gasteiger partial charge in [-0.2, -0.15) is 0 Å². The van der Waals surface area contributed by atoms with E-state index >= 15 is 0 Å². The number of rotatable bonds is 4. The van der Waals surface area contributed by atoms with E-state index in [4.69, 9.17) is 9.57 Å². The zero-order chi connectivity index (χ0) is 18.8. The first-order valence-corrected chi connectivity index (χ1v) is 8.96. The summed E-state index contributed by atoms with van der Waals surface area (Å²) in [5.74, 6) is -0.745. The molecule has 0 radical (unpaired) electrons. The normalized spacial score (nSPS) is 25.9. The molecule has 1 fully saturated rings. The molecule has 2 aromatic rings. The van der Waals surface area contributed by atoms with Gasteiger partial charge in [0.05, 0.1) is 17.7 Å². The lowest BCUT2D eigenvalue weighted by molar-refractivity contribution is -0.147. The van der Waals surface area contributed by atoms with Gasteiger partial charge in [0.1, 0.15) is 6.10 Å². The lowest BCUT2D eigenvalue weighted by Crippen LogP contribution is -2.42. The van der Waals surface area contributed by atoms with Crippen LogP contribution in [0.2, 0.25) is 0 Å². The number of benzene rings is 2. The van der Waals surface area contributed by atoms with Gasteiger partial charge >= 0.3 is 5.97 Å². The van der Waals surface area contributed by atoms with Crippen molar-refractivity contribution in [1.82, 2.24) is 5.32 Å². The van der Waals surface area contributed by atoms with Crippen LogP contribution < -0.4 is 5.32 Å². The van der Waals surface area contributed by atoms with Crippen LogP contribution in [0.1, 0.15) is 29.3 Å². The lowest BCUT2D eigenvalue weighted by Gasteiger charge is -2.18. The molecular weight excluding hydrogens is 344 g/mol. The molecule has 0 spiro atoms. The van der Waals surface area contributed by atoms with E-state index in [0.717, 1.165) is 11.3 Å². The summed E-state index contributed by atoms with van der Waals surface area (Å²) in [5, 5.41) is 7.27. The second-order valence-electron chi connectivity index (χ2n) is 6.77. The van der Waals surface area contributed by atoms with Crippen molar-refractivity contribution in [1.29, 1.82) is 0 Å². The molecule has 1 aliphatic heterocycles. The first-order valence-electron chi connectivity index (χ1n) is 8.96. The Morgan fingerprint density at radius 2 is 1.74 bits per heavy atom. The number of fused-ring (bicyclic) bond motifs is 1. The largest absolute Gasteiger partial charge is 0.462 e. The van der Waals surface area contributed by atoms with Crippen molar-refractivity contribution in [2.75, 3.05) is 0 Å². The Bertz CT molecular complexity index is 866. The minimum Gasteiger partial charge on any atom is -0.462 e. The van der Waals surface area contributed by atoms with E-state index in [-0.39, 0.29) is 29.9 Å². The molecule has 6 nitrogen and oxygen atoms in total. The Hall–Kier alpha value is -3.15. The Balaban J connectivity index is 1.56. The number of carbonyl (C=O) groups is 2. The van der Waals surface area contributed by atoms with Crippen LogP contribution in [0.25, 0.3) is 0 Å². The Morgan fingerprint density at radius 3 is 2.41 bits per heavy atom. The molecule has 0 bridgehead atoms. The maximum atomic E-state index is 12.6. The molecule has 1 heterocycles. The van der Waals surface area contributed by atoms with Crippen LogP contribution in [0.15, 0.2) is 65.8 Å². The summed E-state index contributed by atoms with van der Waals surface area (Å²) in [6, 6.07) is 18.4. The van der Waals surface area contributed by atoms with Gasteiger partial charge in [-0.15, -0.1) is 0 Å². The number of hydrogen-bond donors (Lipinski definition) is 1. The first-order chi connectivity index (χ1) is 13.1. The van der Waals surface area contributed by atoms with E-state index < -0.39 is 6.10 Å². The predicted octanol–water partition coefficient (Wildman–Crippen LogP) is 2.54. The number of nitrogens with zero attached hydrogens (tertiary/aromatic N) is 1. The van der Waals surface area contributed by atoms with E-state index in [2.05, 4.69) is 10.5 Å². The second-order valence-corrected chi connectivity index (χ2v) is 6.77. The standard InChI is InChI=1S/C21H20N2O4/c1-13(24)26-17-12-16(22-21(25)15-10-6-3-7-11-15)20-18(17)19(23-27-20)14-8-4-2-5-9-14/h2-11,16-18,20H,12H2,1H3,(H,22,25)/t16-,17+,18-,20-/m1/s1. The zero-order valence-electron chi connectivity index (χ0n) is 14.9. The fraction of sp³-hybridized carbons (Fsp3) is 0.286. The minimum absolute atomic E-state index is 0.181. The third-order valence-electron chi connectivity index (χ3n) is 4.97. The van der Waals surface area contributed by atoms with Crippen LogP contribution in [0.4, 0.5) is 0 Å². The Kier molecular flexibility index (Phi) is 4.62. The van der Waals surface area contributed by atoms with Gasteiger partial charge in [0.25, 0.3) is 5.91 Å². The molecule has 2 aromatic carbocycles. The molecule has 1 amide bonds. The molecular formula is C21H20N2O4. The molecule has 4 rings (SSSR count). The Morgan fingerprint density at radius 1 is 1.07 bits per heavy atom. The van der Waals surface area contributed by atoms with E-state index in [9.17, 15) is 9.59 Å². The third-order valence-corrected chi connectivity index (χ3v) is 4.97. The second kappa shape index (κ2) is 7.23. The molecule has 4 atom stereocenters. The maximum absolute atomic E-state index is 12.6. The molecule has 2 aliphatic rings. The fourth-order valence-corrected chi connectivity index (χ4v) is 3.81. The van der Waals surface area contributed by atoms with Gasteiger partial charge in [-0.1, -0.05) is 53.7 Å². The number of hydrogen-bond acceptors (Lipinski definition) is 5. The van der Waals surface area contributed by atoms with Crippen molar-refractivity contribution < 1.29 is 19.2 Å². The van der Waals surface area contributed by atoms with Gasteiger partial charge in [0.2, 0.25) is 0 Å². The van der Waals surface area contributed by atoms with Gasteiger partial charge in [-0.25, -0.2) is 0 Å². The molecule has 27 heavy (non-hydrogen) atoms. The number of nitrogens with one attached hydrogen (secondary N) is 1. The van der Waals surface area contributed by atoms with Crippen LogP contribution in [0.3, 0.4) is 0 Å². The third kappa shape index (κ3) is 3.43. The van der Waals surface area contributed by atoms with E-state index in [1.807, 2.05) is 48.5 Å². The molecule has 0 aromatic heterocycles. The fourth-order valence-electron chi connectivity index (χ4n) is 3.81. The summed E-state index contributed by atoms with van der Waals surface area (Å²) in [5.41, 5.74) is 2.26. The van der Waals surface area contributed by atoms with Crippen LogP contribution in [0, 0.1) is 5.92 Å². The highest BCUT2D eigenvalue weighted by molar-refractivity contribution is 6.04. The molecule has 1 aliphatic carbocycles. The number of esters is 1. The number of amides is 1. The predicted molar refractivity (Wildman–Crippen MR) is 99.2 cm³/mol. The van der Waals surface area contributed by atoms with Crippen molar-refractivity contribution >= 4 is 17.6 Å². The lowest BCUT2D eigenvalue weighted by atomic mass is 9.92. The van der Waals surface area contributed by atoms with E-state index in [1.54, 1.807) is 12.1 Å². The quantitative estimate of drug-likeness (QED) is 0.846. The van der Waals surface area contributed by atoms with E-state index in [1.165, 1.54) is 6.92 Å². The van der Waals surface area contributed by atoms with Crippen LogP contribution >= 0.6 is 0 Å². The van der Waals surface area contributed by atoms with Crippen molar-refractivity contribution in [3.63, 3.8) is 0 Å². The number of oxime groups is 1. The SMILES string of the molecule is CC(=O)O[C@H]1C[C@@H](NC(=O)c2ccccc2)[C@H]2ON=C(c3ccccc3)[C@H]21. The van der Waals surface area contributed by atoms with Gasteiger partial charge in [-0.05, 0) is 17.7 Å². The smallest absolute Gasteiger partial charge is 0.302 e. The summed E-state index contributed by atoms with van der Waals surface area (Å²) >= 11 is 0. The highest BCUT2D eigenvalue weighted by Crippen LogP contribution is 2.38. The summed E-state index contributed by atoms with van der Waals surface area (Å²) < 4.78 is 5.54. The molecule has 1 saturated carbocycles. The highest BCUT2D eigenvalue weighted by atomic mass is 16.6. The first kappa shape index (κ1) is 17.3. The average molecular weight is 364 g/mol. The van der Waals surface area contributed by atoms with Crippen LogP contribution in [-0.4, -0.2) is 35.8 Å². The van der Waals surface area contributed by atoms with Gasteiger partial charge in [-0.3, -0.25) is 9.59 Å². The summed E-state index contributed by atoms with van der Waals surface area (Å²) in [4.78, 5) is 29.8. The molecule has 6 heteroatoms. The van der Waals surface area contributed by atoms with Crippen molar-refractivity contribution in [2.24, 2.45) is 11.1 Å². The van der Waals surface area contributed by atoms with Crippen molar-refractivity contribution in [3.05, 3.63) is 71.8 Å².